The first-order chi connectivity index (χ1) is 17.1. The molecule has 178 valence electrons. The zero-order valence-electron chi connectivity index (χ0n) is 19.9. The Balaban J connectivity index is 1.28. The van der Waals surface area contributed by atoms with Crippen LogP contribution in [0.4, 0.5) is 4.39 Å². The van der Waals surface area contributed by atoms with Crippen LogP contribution in [0, 0.1) is 18.7 Å². The van der Waals surface area contributed by atoms with Crippen LogP contribution >= 0.6 is 12.1 Å². The largest absolute Gasteiger partial charge is 0.237 e. The van der Waals surface area contributed by atoms with Gasteiger partial charge in [-0.1, -0.05) is 30.3 Å². The predicted octanol–water partition coefficient (Wildman–Crippen LogP) is 6.10. The fourth-order valence-corrected chi connectivity index (χ4v) is 7.93. The molecule has 3 unspecified atom stereocenters. The molecule has 0 radical (unpaired) electrons. The summed E-state index contributed by atoms with van der Waals surface area (Å²) < 4.78 is 20.6. The lowest BCUT2D eigenvalue weighted by Gasteiger charge is -2.27. The Hall–Kier alpha value is -2.67. The first-order valence-corrected chi connectivity index (χ1v) is 13.3. The number of nitrogens with zero attached hydrogens (tertiary/aromatic N) is 4. The normalized spacial score (nSPS) is 26.5. The number of hydrogen-bond acceptors (Lipinski definition) is 4. The standard InChI is InChI=1S/C29H29FN4S/c1-20-15-27-22(17-31-34(27)24-11-9-23(30)10-12-24)16-25(20)29-19-33(35-32-13-5-6-14-32)18-26(29)28(29)21-7-3-2-4-8-21/h2-4,7-12,15-17,26,28H,5-6,13-14,18-19H2,1H3. The second-order valence-electron chi connectivity index (χ2n) is 10.3. The number of aromatic nitrogens is 2. The molecule has 0 amide bonds. The lowest BCUT2D eigenvalue weighted by atomic mass is 9.87. The van der Waals surface area contributed by atoms with E-state index in [1.807, 2.05) is 23.0 Å². The number of halogens is 1. The molecule has 3 heterocycles. The molecule has 4 nitrogen and oxygen atoms in total. The third kappa shape index (κ3) is 3.45. The van der Waals surface area contributed by atoms with E-state index in [1.54, 1.807) is 12.1 Å². The lowest BCUT2D eigenvalue weighted by Crippen LogP contribution is -2.28. The maximum Gasteiger partial charge on any atom is 0.123 e. The van der Waals surface area contributed by atoms with E-state index in [0.29, 0.717) is 11.8 Å². The monoisotopic (exact) mass is 484 g/mol. The maximum absolute atomic E-state index is 13.5. The van der Waals surface area contributed by atoms with Gasteiger partial charge in [0.15, 0.2) is 0 Å². The molecule has 4 aromatic rings. The van der Waals surface area contributed by atoms with Crippen molar-refractivity contribution >= 4 is 23.0 Å². The highest BCUT2D eigenvalue weighted by atomic mass is 32.2. The fraction of sp³-hybridized carbons (Fsp3) is 0.345. The molecule has 0 N–H and O–H groups in total. The highest BCUT2D eigenvalue weighted by molar-refractivity contribution is 7.94. The third-order valence-corrected chi connectivity index (χ3v) is 9.39. The van der Waals surface area contributed by atoms with Crippen LogP contribution in [0.15, 0.2) is 72.9 Å². The fourth-order valence-electron chi connectivity index (χ4n) is 6.68. The summed E-state index contributed by atoms with van der Waals surface area (Å²) in [5.74, 6) is 0.956. The van der Waals surface area contributed by atoms with Crippen molar-refractivity contribution < 1.29 is 4.39 Å². The Kier molecular flexibility index (Phi) is 5.05. The molecule has 7 rings (SSSR count). The second kappa shape index (κ2) is 8.19. The van der Waals surface area contributed by atoms with Gasteiger partial charge in [0.25, 0.3) is 0 Å². The molecule has 35 heavy (non-hydrogen) atoms. The molecular formula is C29H29FN4S. The Bertz CT molecular complexity index is 1380. The van der Waals surface area contributed by atoms with Gasteiger partial charge >= 0.3 is 0 Å². The van der Waals surface area contributed by atoms with Crippen molar-refractivity contribution in [3.8, 4) is 5.69 Å². The van der Waals surface area contributed by atoms with Gasteiger partial charge in [-0.3, -0.25) is 0 Å². The van der Waals surface area contributed by atoms with Crippen molar-refractivity contribution in [2.75, 3.05) is 26.2 Å². The average molecular weight is 485 g/mol. The second-order valence-corrected chi connectivity index (χ2v) is 11.5. The summed E-state index contributed by atoms with van der Waals surface area (Å²) in [6.45, 7) is 6.87. The van der Waals surface area contributed by atoms with Crippen molar-refractivity contribution in [3.63, 3.8) is 0 Å². The lowest BCUT2D eigenvalue weighted by molar-refractivity contribution is 0.448. The van der Waals surface area contributed by atoms with Crippen molar-refractivity contribution in [1.82, 2.24) is 18.4 Å². The van der Waals surface area contributed by atoms with E-state index in [2.05, 4.69) is 63.1 Å². The summed E-state index contributed by atoms with van der Waals surface area (Å²) in [6, 6.07) is 22.3. The maximum atomic E-state index is 13.5. The highest BCUT2D eigenvalue weighted by Gasteiger charge is 2.70. The van der Waals surface area contributed by atoms with E-state index in [1.165, 1.54) is 54.8 Å². The van der Waals surface area contributed by atoms with E-state index < -0.39 is 0 Å². The summed E-state index contributed by atoms with van der Waals surface area (Å²) in [7, 11) is 0. The van der Waals surface area contributed by atoms with Crippen LogP contribution in [0.5, 0.6) is 0 Å². The van der Waals surface area contributed by atoms with E-state index in [0.717, 1.165) is 29.7 Å². The summed E-state index contributed by atoms with van der Waals surface area (Å²) in [5, 5.41) is 5.82. The van der Waals surface area contributed by atoms with Crippen LogP contribution in [-0.4, -0.2) is 44.6 Å². The molecule has 1 saturated carbocycles. The highest BCUT2D eigenvalue weighted by Crippen LogP contribution is 2.70. The van der Waals surface area contributed by atoms with Gasteiger partial charge in [0.05, 0.1) is 17.4 Å². The number of fused-ring (bicyclic) bond motifs is 2. The zero-order chi connectivity index (χ0) is 23.6. The minimum Gasteiger partial charge on any atom is -0.237 e. The van der Waals surface area contributed by atoms with Gasteiger partial charge in [-0.25, -0.2) is 17.7 Å². The molecule has 3 aromatic carbocycles. The molecule has 0 bridgehead atoms. The number of hydrogen-bond donors (Lipinski definition) is 0. The van der Waals surface area contributed by atoms with E-state index in [4.69, 9.17) is 0 Å². The van der Waals surface area contributed by atoms with Crippen molar-refractivity contribution in [2.24, 2.45) is 5.92 Å². The van der Waals surface area contributed by atoms with Crippen LogP contribution in [0.3, 0.4) is 0 Å². The molecule has 1 aliphatic carbocycles. The molecule has 3 aliphatic rings. The molecule has 3 fully saturated rings. The first-order valence-electron chi connectivity index (χ1n) is 12.6. The molecule has 1 aromatic heterocycles. The number of piperidine rings is 1. The van der Waals surface area contributed by atoms with Gasteiger partial charge < -0.3 is 0 Å². The van der Waals surface area contributed by atoms with E-state index in [-0.39, 0.29) is 11.2 Å². The van der Waals surface area contributed by atoms with Gasteiger partial charge in [-0.05, 0) is 78.8 Å². The zero-order valence-corrected chi connectivity index (χ0v) is 20.7. The van der Waals surface area contributed by atoms with Crippen LogP contribution in [0.1, 0.15) is 35.4 Å². The van der Waals surface area contributed by atoms with E-state index >= 15 is 0 Å². The topological polar surface area (TPSA) is 24.3 Å². The van der Waals surface area contributed by atoms with Gasteiger partial charge in [0.1, 0.15) is 5.82 Å². The Morgan fingerprint density at radius 1 is 0.971 bits per heavy atom. The van der Waals surface area contributed by atoms with Gasteiger partial charge in [-0.15, -0.1) is 0 Å². The molecule has 0 spiro atoms. The molecule has 2 aliphatic heterocycles. The minimum atomic E-state index is -0.230. The number of rotatable bonds is 5. The van der Waals surface area contributed by atoms with Crippen molar-refractivity contribution in [1.29, 1.82) is 0 Å². The average Bonchev–Trinajstić information content (AvgIpc) is 3.33. The number of benzene rings is 3. The Labute approximate surface area is 210 Å². The molecule has 6 heteroatoms. The predicted molar refractivity (Wildman–Crippen MR) is 140 cm³/mol. The molecule has 2 saturated heterocycles. The molecular weight excluding hydrogens is 455 g/mol. The summed E-state index contributed by atoms with van der Waals surface area (Å²) >= 11 is 1.97. The smallest absolute Gasteiger partial charge is 0.123 e. The van der Waals surface area contributed by atoms with Gasteiger partial charge in [-0.2, -0.15) is 5.10 Å². The van der Waals surface area contributed by atoms with Crippen molar-refractivity contribution in [3.05, 3.63) is 95.4 Å². The Morgan fingerprint density at radius 2 is 1.74 bits per heavy atom. The number of aryl methyl sites for hydroxylation is 1. The van der Waals surface area contributed by atoms with Crippen LogP contribution in [0.2, 0.25) is 0 Å². The summed E-state index contributed by atoms with van der Waals surface area (Å²) in [5.41, 5.74) is 6.34. The van der Waals surface area contributed by atoms with Gasteiger partial charge in [0, 0.05) is 55.0 Å². The quantitative estimate of drug-likeness (QED) is 0.320. The minimum absolute atomic E-state index is 0.143. The Morgan fingerprint density at radius 3 is 2.51 bits per heavy atom. The van der Waals surface area contributed by atoms with E-state index in [9.17, 15) is 4.39 Å². The van der Waals surface area contributed by atoms with Crippen LogP contribution in [0.25, 0.3) is 16.6 Å². The molecule has 3 atom stereocenters. The summed E-state index contributed by atoms with van der Waals surface area (Å²) in [4.78, 5) is 0. The summed E-state index contributed by atoms with van der Waals surface area (Å²) in [6.07, 6.45) is 4.59. The van der Waals surface area contributed by atoms with Crippen LogP contribution < -0.4 is 0 Å². The first kappa shape index (κ1) is 21.6. The third-order valence-electron chi connectivity index (χ3n) is 8.29. The van der Waals surface area contributed by atoms with Gasteiger partial charge in [0.2, 0.25) is 0 Å². The van der Waals surface area contributed by atoms with Crippen molar-refractivity contribution in [2.45, 2.75) is 31.1 Å². The van der Waals surface area contributed by atoms with Crippen LogP contribution in [-0.2, 0) is 5.41 Å². The SMILES string of the molecule is Cc1cc2c(cnn2-c2ccc(F)cc2)cc1C12CN(SN3CCCC3)CC1C2c1ccccc1.